The van der Waals surface area contributed by atoms with E-state index in [0.717, 1.165) is 25.7 Å². The zero-order valence-electron chi connectivity index (χ0n) is 20.8. The largest absolute Gasteiger partial charge is 0.507 e. The summed E-state index contributed by atoms with van der Waals surface area (Å²) in [5.41, 5.74) is 0.0233. The molecule has 5 heteroatoms. The topological polar surface area (TPSA) is 83.8 Å². The lowest BCUT2D eigenvalue weighted by atomic mass is 9.60. The van der Waals surface area contributed by atoms with Crippen molar-refractivity contribution in [1.82, 2.24) is 0 Å². The Kier molecular flexibility index (Phi) is 4.82. The van der Waals surface area contributed by atoms with Crippen LogP contribution in [0.25, 0.3) is 0 Å². The van der Waals surface area contributed by atoms with E-state index in [4.69, 9.17) is 4.74 Å². The molecule has 5 nitrogen and oxygen atoms in total. The predicted octanol–water partition coefficient (Wildman–Crippen LogP) is 6.10. The van der Waals surface area contributed by atoms with Crippen LogP contribution in [0.1, 0.15) is 106 Å². The minimum absolute atomic E-state index is 0.00554. The maximum Gasteiger partial charge on any atom is 0.157 e. The van der Waals surface area contributed by atoms with Gasteiger partial charge in [0, 0.05) is 11.5 Å². The third-order valence-electron chi connectivity index (χ3n) is 10.4. The molecule has 0 spiro atoms. The number of aromatic hydroxyl groups is 2. The number of fused-ring (bicyclic) bond motifs is 2. The van der Waals surface area contributed by atoms with Crippen molar-refractivity contribution in [1.29, 1.82) is 0 Å². The number of hydrogen-bond donors (Lipinski definition) is 2. The van der Waals surface area contributed by atoms with Crippen LogP contribution >= 0.6 is 0 Å². The summed E-state index contributed by atoms with van der Waals surface area (Å²) >= 11 is 0. The van der Waals surface area contributed by atoms with E-state index in [0.29, 0.717) is 53.5 Å². The van der Waals surface area contributed by atoms with Gasteiger partial charge >= 0.3 is 0 Å². The van der Waals surface area contributed by atoms with Crippen LogP contribution in [0.5, 0.6) is 17.2 Å². The number of phenolic OH excluding ortho intramolecular Hbond substituents is 2. The molecule has 1 heterocycles. The van der Waals surface area contributed by atoms with Gasteiger partial charge in [0.05, 0.1) is 11.1 Å². The normalized spacial score (nSPS) is 40.0. The molecule has 3 saturated carbocycles. The van der Waals surface area contributed by atoms with E-state index in [1.54, 1.807) is 0 Å². The lowest BCUT2D eigenvalue weighted by Gasteiger charge is -2.45. The molecule has 0 amide bonds. The van der Waals surface area contributed by atoms with Gasteiger partial charge < -0.3 is 14.9 Å². The molecule has 180 valence electrons. The van der Waals surface area contributed by atoms with Crippen molar-refractivity contribution in [3.8, 4) is 17.2 Å². The van der Waals surface area contributed by atoms with E-state index in [1.165, 1.54) is 6.42 Å². The fraction of sp³-hybridized carbons (Fsp3) is 0.714. The zero-order chi connectivity index (χ0) is 24.1. The Morgan fingerprint density at radius 1 is 1.03 bits per heavy atom. The van der Waals surface area contributed by atoms with Crippen LogP contribution in [0.15, 0.2) is 0 Å². The number of rotatable bonds is 4. The van der Waals surface area contributed by atoms with E-state index in [1.807, 2.05) is 0 Å². The van der Waals surface area contributed by atoms with E-state index in [2.05, 4.69) is 41.5 Å². The van der Waals surface area contributed by atoms with E-state index >= 15 is 0 Å². The molecule has 5 rings (SSSR count). The van der Waals surface area contributed by atoms with Crippen molar-refractivity contribution in [2.45, 2.75) is 85.2 Å². The van der Waals surface area contributed by atoms with Crippen LogP contribution in [0.3, 0.4) is 0 Å². The van der Waals surface area contributed by atoms with Crippen LogP contribution in [0.2, 0.25) is 0 Å². The average molecular weight is 455 g/mol. The third-order valence-corrected chi connectivity index (χ3v) is 10.4. The fourth-order valence-corrected chi connectivity index (χ4v) is 8.68. The maximum absolute atomic E-state index is 12.3. The van der Waals surface area contributed by atoms with Gasteiger partial charge in [-0.25, -0.2) is 0 Å². The number of carbonyl (C=O) groups excluding carboxylic acids is 2. The smallest absolute Gasteiger partial charge is 0.157 e. The third kappa shape index (κ3) is 2.71. The molecule has 3 fully saturated rings. The van der Waals surface area contributed by atoms with E-state index < -0.39 is 11.4 Å². The molecule has 1 aromatic rings. The van der Waals surface area contributed by atoms with Crippen molar-refractivity contribution in [3.63, 3.8) is 0 Å². The van der Waals surface area contributed by atoms with E-state index in [-0.39, 0.29) is 33.6 Å². The molecule has 0 saturated heterocycles. The molecule has 4 aliphatic rings. The Labute approximate surface area is 196 Å². The zero-order valence-corrected chi connectivity index (χ0v) is 20.8. The van der Waals surface area contributed by atoms with Crippen LogP contribution in [0.4, 0.5) is 0 Å². The second kappa shape index (κ2) is 6.99. The Hall–Kier alpha value is -2.04. The van der Waals surface area contributed by atoms with Gasteiger partial charge in [0.25, 0.3) is 0 Å². The monoisotopic (exact) mass is 454 g/mol. The minimum Gasteiger partial charge on any atom is -0.507 e. The first-order valence-corrected chi connectivity index (χ1v) is 12.7. The molecule has 0 radical (unpaired) electrons. The molecular weight excluding hydrogens is 416 g/mol. The number of carbonyl (C=O) groups is 2. The average Bonchev–Trinajstić information content (AvgIpc) is 3.21. The molecule has 0 unspecified atom stereocenters. The molecule has 3 aliphatic carbocycles. The van der Waals surface area contributed by atoms with Gasteiger partial charge in [-0.3, -0.25) is 9.59 Å². The molecule has 2 N–H and O–H groups in total. The van der Waals surface area contributed by atoms with Gasteiger partial charge in [-0.1, -0.05) is 41.5 Å². The predicted molar refractivity (Wildman–Crippen MR) is 126 cm³/mol. The highest BCUT2D eigenvalue weighted by molar-refractivity contribution is 5.95. The number of benzene rings is 1. The number of ether oxygens (including phenoxy) is 1. The lowest BCUT2D eigenvalue weighted by Crippen LogP contribution is -2.50. The van der Waals surface area contributed by atoms with Crippen LogP contribution in [-0.4, -0.2) is 28.4 Å². The standard InChI is InChI=1S/C28H38O5/c1-14(2)11-19-20-23(32)16(12-29)22(31)17(13-30)24(20)33-28-10-9-27(19,6)25(28)21-18(26(21,4)5)8-7-15(28)3/h12-15,18-19,21,25,31-32H,7-11H2,1-6H3/t15-,18-,19+,21+,25+,27-,28-/m1/s1. The van der Waals surface area contributed by atoms with Crippen LogP contribution < -0.4 is 4.74 Å². The second-order valence-electron chi connectivity index (χ2n) is 12.7. The highest BCUT2D eigenvalue weighted by Gasteiger charge is 2.75. The van der Waals surface area contributed by atoms with Gasteiger partial charge in [-0.15, -0.1) is 0 Å². The number of hydrogen-bond acceptors (Lipinski definition) is 5. The van der Waals surface area contributed by atoms with Crippen LogP contribution in [0, 0.1) is 40.4 Å². The molecule has 7 atom stereocenters. The Balaban J connectivity index is 1.85. The number of aldehydes is 2. The summed E-state index contributed by atoms with van der Waals surface area (Å²) in [6.45, 7) is 13.8. The van der Waals surface area contributed by atoms with Crippen molar-refractivity contribution < 1.29 is 24.5 Å². The summed E-state index contributed by atoms with van der Waals surface area (Å²) in [5.74, 6) is 1.69. The first-order valence-electron chi connectivity index (χ1n) is 12.7. The summed E-state index contributed by atoms with van der Waals surface area (Å²) in [4.78, 5) is 24.1. The fourth-order valence-electron chi connectivity index (χ4n) is 8.68. The second-order valence-corrected chi connectivity index (χ2v) is 12.7. The molecule has 1 aliphatic heterocycles. The summed E-state index contributed by atoms with van der Waals surface area (Å²) in [6, 6.07) is 0. The summed E-state index contributed by atoms with van der Waals surface area (Å²) in [7, 11) is 0. The summed E-state index contributed by atoms with van der Waals surface area (Å²) in [6.07, 6.45) is 6.03. The Morgan fingerprint density at radius 3 is 2.30 bits per heavy atom. The number of phenols is 2. The Morgan fingerprint density at radius 2 is 1.70 bits per heavy atom. The molecule has 33 heavy (non-hydrogen) atoms. The first-order chi connectivity index (χ1) is 15.5. The van der Waals surface area contributed by atoms with Gasteiger partial charge in [-0.2, -0.15) is 0 Å². The SMILES string of the molecule is CC(C)C[C@H]1c2c(O)c(C=O)c(O)c(C=O)c2O[C@@]23CC[C@@]1(C)[C@@H]2[C@@H]1[C@@H](CC[C@H]3C)C1(C)C. The van der Waals surface area contributed by atoms with Crippen molar-refractivity contribution in [2.75, 3.05) is 0 Å². The summed E-state index contributed by atoms with van der Waals surface area (Å²) < 4.78 is 7.02. The van der Waals surface area contributed by atoms with Gasteiger partial charge in [0.2, 0.25) is 0 Å². The molecule has 0 aromatic heterocycles. The highest BCUT2D eigenvalue weighted by atomic mass is 16.5. The quantitative estimate of drug-likeness (QED) is 0.537. The molecular formula is C28H38O5. The first kappa shape index (κ1) is 22.7. The summed E-state index contributed by atoms with van der Waals surface area (Å²) in [5, 5.41) is 22.1. The van der Waals surface area contributed by atoms with Gasteiger partial charge in [0.1, 0.15) is 22.8 Å². The maximum atomic E-state index is 12.3. The van der Waals surface area contributed by atoms with Gasteiger partial charge in [-0.05, 0) is 72.5 Å². The highest BCUT2D eigenvalue weighted by Crippen LogP contribution is 2.78. The van der Waals surface area contributed by atoms with Crippen molar-refractivity contribution >= 4 is 12.6 Å². The van der Waals surface area contributed by atoms with Crippen LogP contribution in [-0.2, 0) is 0 Å². The molecule has 1 aromatic carbocycles. The lowest BCUT2D eigenvalue weighted by molar-refractivity contribution is -0.0535. The van der Waals surface area contributed by atoms with E-state index in [9.17, 15) is 19.8 Å². The van der Waals surface area contributed by atoms with Gasteiger partial charge in [0.15, 0.2) is 12.6 Å². The molecule has 2 bridgehead atoms. The minimum atomic E-state index is -0.471. The van der Waals surface area contributed by atoms with Crippen molar-refractivity contribution in [3.05, 3.63) is 16.7 Å². The van der Waals surface area contributed by atoms with Crippen molar-refractivity contribution in [2.24, 2.45) is 40.4 Å². The Bertz CT molecular complexity index is 1030.